The molecule has 0 bridgehead atoms. The van der Waals surface area contributed by atoms with Gasteiger partial charge in [0.1, 0.15) is 10.7 Å². The van der Waals surface area contributed by atoms with Crippen molar-refractivity contribution in [3.63, 3.8) is 0 Å². The van der Waals surface area contributed by atoms with Gasteiger partial charge in [0.2, 0.25) is 0 Å². The fourth-order valence-corrected chi connectivity index (χ4v) is 3.58. The van der Waals surface area contributed by atoms with E-state index < -0.39 is 0 Å². The van der Waals surface area contributed by atoms with E-state index in [9.17, 15) is 0 Å². The summed E-state index contributed by atoms with van der Waals surface area (Å²) in [6, 6.07) is 0. The number of aromatic nitrogens is 2. The molecule has 0 radical (unpaired) electrons. The van der Waals surface area contributed by atoms with Crippen molar-refractivity contribution in [2.45, 2.75) is 25.6 Å². The van der Waals surface area contributed by atoms with Gasteiger partial charge in [0.25, 0.3) is 0 Å². The van der Waals surface area contributed by atoms with E-state index in [4.69, 9.17) is 0 Å². The number of hydrogen-bond acceptors (Lipinski definition) is 6. The lowest BCUT2D eigenvalue weighted by atomic mass is 10.3. The highest BCUT2D eigenvalue weighted by atomic mass is 32.2. The van der Waals surface area contributed by atoms with Crippen LogP contribution in [0.15, 0.2) is 0 Å². The topological polar surface area (TPSA) is 41.1 Å². The molecule has 6 heteroatoms. The summed E-state index contributed by atoms with van der Waals surface area (Å²) in [6.45, 7) is 8.59. The maximum atomic E-state index is 4.21. The molecular weight excluding hydrogens is 240 g/mol. The highest BCUT2D eigenvalue weighted by Gasteiger charge is 2.19. The van der Waals surface area contributed by atoms with Gasteiger partial charge in [-0.15, -0.1) is 5.10 Å². The quantitative estimate of drug-likeness (QED) is 0.893. The van der Waals surface area contributed by atoms with Gasteiger partial charge in [-0.05, 0) is 6.92 Å². The van der Waals surface area contributed by atoms with E-state index in [0.717, 1.165) is 42.1 Å². The minimum Gasteiger partial charge on any atom is -0.374 e. The minimum absolute atomic E-state index is 0.739. The molecule has 1 saturated heterocycles. The number of thioether (sulfide) groups is 1. The Balaban J connectivity index is 1.94. The van der Waals surface area contributed by atoms with Gasteiger partial charge in [-0.25, -0.2) is 0 Å². The summed E-state index contributed by atoms with van der Waals surface area (Å²) in [5.41, 5.74) is 1.10. The van der Waals surface area contributed by atoms with Crippen LogP contribution in [0.25, 0.3) is 0 Å². The van der Waals surface area contributed by atoms with Crippen molar-refractivity contribution in [3.8, 4) is 0 Å². The SMILES string of the molecule is CCNc1snnc1CN1CCSC(C)C1. The summed E-state index contributed by atoms with van der Waals surface area (Å²) >= 11 is 3.52. The first-order valence-electron chi connectivity index (χ1n) is 5.68. The Labute approximate surface area is 105 Å². The number of nitrogens with zero attached hydrogens (tertiary/aromatic N) is 3. The molecule has 4 nitrogen and oxygen atoms in total. The summed E-state index contributed by atoms with van der Waals surface area (Å²) in [4.78, 5) is 2.47. The monoisotopic (exact) mass is 258 g/mol. The molecule has 2 heterocycles. The van der Waals surface area contributed by atoms with E-state index in [2.05, 4.69) is 45.4 Å². The van der Waals surface area contributed by atoms with Crippen LogP contribution in [0.1, 0.15) is 19.5 Å². The third-order valence-electron chi connectivity index (χ3n) is 2.59. The molecule has 1 aromatic heterocycles. The second-order valence-corrected chi connectivity index (χ2v) is 6.30. The number of nitrogens with one attached hydrogen (secondary N) is 1. The highest BCUT2D eigenvalue weighted by molar-refractivity contribution is 7.99. The molecule has 1 aliphatic rings. The molecule has 1 aromatic rings. The van der Waals surface area contributed by atoms with E-state index in [-0.39, 0.29) is 0 Å². The average Bonchev–Trinajstić information content (AvgIpc) is 2.66. The van der Waals surface area contributed by atoms with E-state index in [0.29, 0.717) is 0 Å². The van der Waals surface area contributed by atoms with Crippen LogP contribution < -0.4 is 5.32 Å². The Morgan fingerprint density at radius 1 is 1.56 bits per heavy atom. The van der Waals surface area contributed by atoms with Crippen LogP contribution in [0.3, 0.4) is 0 Å². The van der Waals surface area contributed by atoms with Gasteiger partial charge in [0.05, 0.1) is 0 Å². The fraction of sp³-hybridized carbons (Fsp3) is 0.800. The highest BCUT2D eigenvalue weighted by Crippen LogP contribution is 2.23. The average molecular weight is 258 g/mol. The van der Waals surface area contributed by atoms with Gasteiger partial charge in [-0.3, -0.25) is 4.90 Å². The lowest BCUT2D eigenvalue weighted by molar-refractivity contribution is 0.275. The molecule has 2 rings (SSSR count). The second-order valence-electron chi connectivity index (χ2n) is 4.00. The summed E-state index contributed by atoms with van der Waals surface area (Å²) < 4.78 is 4.02. The molecule has 1 unspecified atom stereocenters. The molecule has 1 atom stereocenters. The lowest BCUT2D eigenvalue weighted by Crippen LogP contribution is -2.36. The van der Waals surface area contributed by atoms with Gasteiger partial charge in [-0.2, -0.15) is 11.8 Å². The lowest BCUT2D eigenvalue weighted by Gasteiger charge is -2.29. The first kappa shape index (κ1) is 12.1. The Morgan fingerprint density at radius 2 is 2.44 bits per heavy atom. The molecule has 90 valence electrons. The first-order valence-corrected chi connectivity index (χ1v) is 7.51. The number of rotatable bonds is 4. The third-order valence-corrected chi connectivity index (χ3v) is 4.45. The predicted molar refractivity (Wildman–Crippen MR) is 71.3 cm³/mol. The summed E-state index contributed by atoms with van der Waals surface area (Å²) in [5.74, 6) is 1.23. The van der Waals surface area contributed by atoms with E-state index in [1.54, 1.807) is 0 Å². The fourth-order valence-electron chi connectivity index (χ4n) is 1.85. The molecule has 0 saturated carbocycles. The Bertz CT molecular complexity index is 328. The van der Waals surface area contributed by atoms with E-state index >= 15 is 0 Å². The van der Waals surface area contributed by atoms with Gasteiger partial charge in [0, 0.05) is 48.7 Å². The molecule has 0 aliphatic carbocycles. The minimum atomic E-state index is 0.739. The molecular formula is C10H18N4S2. The molecule has 1 aliphatic heterocycles. The summed E-state index contributed by atoms with van der Waals surface area (Å²) in [7, 11) is 0. The molecule has 0 aromatic carbocycles. The molecule has 16 heavy (non-hydrogen) atoms. The Hall–Kier alpha value is -0.330. The second kappa shape index (κ2) is 5.84. The Morgan fingerprint density at radius 3 is 3.19 bits per heavy atom. The molecule has 1 N–H and O–H groups in total. The van der Waals surface area contributed by atoms with Crippen LogP contribution in [-0.4, -0.2) is 45.1 Å². The maximum Gasteiger partial charge on any atom is 0.134 e. The van der Waals surface area contributed by atoms with Crippen molar-refractivity contribution in [3.05, 3.63) is 5.69 Å². The standard InChI is InChI=1S/C10H18N4S2/c1-3-11-10-9(12-13-16-10)7-14-4-5-15-8(2)6-14/h8,11H,3-7H2,1-2H3. The Kier molecular flexibility index (Phi) is 4.43. The van der Waals surface area contributed by atoms with Gasteiger partial charge in [-0.1, -0.05) is 11.4 Å². The van der Waals surface area contributed by atoms with E-state index in [1.807, 2.05) is 0 Å². The van der Waals surface area contributed by atoms with Crippen molar-refractivity contribution < 1.29 is 0 Å². The smallest absolute Gasteiger partial charge is 0.134 e. The van der Waals surface area contributed by atoms with Gasteiger partial charge in [0.15, 0.2) is 0 Å². The molecule has 1 fully saturated rings. The zero-order valence-electron chi connectivity index (χ0n) is 9.77. The van der Waals surface area contributed by atoms with Crippen LogP contribution in [0.2, 0.25) is 0 Å². The van der Waals surface area contributed by atoms with Crippen LogP contribution in [0.4, 0.5) is 5.00 Å². The molecule has 0 spiro atoms. The number of hydrogen-bond donors (Lipinski definition) is 1. The van der Waals surface area contributed by atoms with Crippen molar-refractivity contribution in [2.75, 3.05) is 30.7 Å². The van der Waals surface area contributed by atoms with Crippen molar-refractivity contribution in [2.24, 2.45) is 0 Å². The normalized spacial score (nSPS) is 22.2. The zero-order chi connectivity index (χ0) is 11.4. The van der Waals surface area contributed by atoms with Gasteiger partial charge < -0.3 is 5.32 Å². The van der Waals surface area contributed by atoms with Gasteiger partial charge >= 0.3 is 0 Å². The summed E-state index contributed by atoms with van der Waals surface area (Å²) in [6.07, 6.45) is 0. The zero-order valence-corrected chi connectivity index (χ0v) is 11.4. The summed E-state index contributed by atoms with van der Waals surface area (Å²) in [5, 5.41) is 9.40. The van der Waals surface area contributed by atoms with Crippen LogP contribution in [0, 0.1) is 0 Å². The number of anilines is 1. The van der Waals surface area contributed by atoms with Crippen molar-refractivity contribution in [1.82, 2.24) is 14.5 Å². The van der Waals surface area contributed by atoms with Crippen LogP contribution >= 0.6 is 23.3 Å². The van der Waals surface area contributed by atoms with Crippen LogP contribution in [-0.2, 0) is 6.54 Å². The van der Waals surface area contributed by atoms with E-state index in [1.165, 1.54) is 17.3 Å². The maximum absolute atomic E-state index is 4.21. The van der Waals surface area contributed by atoms with Crippen molar-refractivity contribution >= 4 is 28.3 Å². The van der Waals surface area contributed by atoms with Crippen LogP contribution in [0.5, 0.6) is 0 Å². The van der Waals surface area contributed by atoms with Crippen molar-refractivity contribution in [1.29, 1.82) is 0 Å². The first-order chi connectivity index (χ1) is 7.79. The molecule has 0 amide bonds. The largest absolute Gasteiger partial charge is 0.374 e. The third kappa shape index (κ3) is 3.09. The predicted octanol–water partition coefficient (Wildman–Crippen LogP) is 1.91.